The van der Waals surface area contributed by atoms with E-state index in [-0.39, 0.29) is 18.4 Å². The lowest BCUT2D eigenvalue weighted by molar-refractivity contribution is -0.115. The number of aromatic nitrogens is 2. The lowest BCUT2D eigenvalue weighted by Crippen LogP contribution is -2.17. The van der Waals surface area contributed by atoms with E-state index in [1.807, 2.05) is 67.8 Å². The normalized spacial score (nSPS) is 11.2. The molecule has 2 aromatic heterocycles. The van der Waals surface area contributed by atoms with Crippen molar-refractivity contribution in [3.63, 3.8) is 0 Å². The van der Waals surface area contributed by atoms with Crippen LogP contribution in [0.25, 0.3) is 16.9 Å². The minimum absolute atomic E-state index is 0.0196. The van der Waals surface area contributed by atoms with Crippen molar-refractivity contribution in [3.05, 3.63) is 83.2 Å². The zero-order chi connectivity index (χ0) is 22.8. The van der Waals surface area contributed by atoms with Crippen molar-refractivity contribution in [2.75, 3.05) is 5.32 Å². The first kappa shape index (κ1) is 21.6. The van der Waals surface area contributed by atoms with Gasteiger partial charge in [0.2, 0.25) is 5.91 Å². The highest BCUT2D eigenvalue weighted by Crippen LogP contribution is 2.29. The average molecular weight is 428 g/mol. The van der Waals surface area contributed by atoms with Gasteiger partial charge in [-0.3, -0.25) is 4.79 Å². The molecule has 0 atom stereocenters. The Morgan fingerprint density at radius 3 is 2.53 bits per heavy atom. The van der Waals surface area contributed by atoms with Crippen molar-refractivity contribution in [1.29, 1.82) is 0 Å². The summed E-state index contributed by atoms with van der Waals surface area (Å²) in [5.74, 6) is 0.553. The third kappa shape index (κ3) is 4.37. The van der Waals surface area contributed by atoms with Gasteiger partial charge in [0.1, 0.15) is 11.4 Å². The second-order valence-electron chi connectivity index (χ2n) is 8.48. The molecule has 1 amide bonds. The van der Waals surface area contributed by atoms with Gasteiger partial charge >= 0.3 is 0 Å². The number of hydrogen-bond donors (Lipinski definition) is 1. The lowest BCUT2D eigenvalue weighted by atomic mass is 10.0. The molecule has 0 aliphatic rings. The Kier molecular flexibility index (Phi) is 5.99. The molecule has 0 fully saturated rings. The van der Waals surface area contributed by atoms with E-state index in [0.717, 1.165) is 28.2 Å². The van der Waals surface area contributed by atoms with Gasteiger partial charge in [0.05, 0.1) is 29.6 Å². The molecule has 2 aromatic carbocycles. The molecule has 0 saturated carbocycles. The van der Waals surface area contributed by atoms with Gasteiger partial charge in [-0.1, -0.05) is 30.3 Å². The third-order valence-electron chi connectivity index (χ3n) is 5.58. The molecule has 5 heteroatoms. The zero-order valence-corrected chi connectivity index (χ0v) is 19.3. The monoisotopic (exact) mass is 427 g/mol. The summed E-state index contributed by atoms with van der Waals surface area (Å²) in [5.41, 5.74) is 7.76. The number of nitrogens with zero attached hydrogens (tertiary/aromatic N) is 2. The molecule has 0 bridgehead atoms. The van der Waals surface area contributed by atoms with Crippen LogP contribution < -0.4 is 10.1 Å². The molecular weight excluding hydrogens is 398 g/mol. The summed E-state index contributed by atoms with van der Waals surface area (Å²) in [5, 5.41) is 3.03. The fourth-order valence-electron chi connectivity index (χ4n) is 3.81. The van der Waals surface area contributed by atoms with E-state index < -0.39 is 0 Å². The van der Waals surface area contributed by atoms with Gasteiger partial charge in [0.25, 0.3) is 0 Å². The average Bonchev–Trinajstić information content (AvgIpc) is 3.11. The molecule has 0 aliphatic heterocycles. The molecule has 1 N–H and O–H groups in total. The number of benzene rings is 2. The molecule has 2 heterocycles. The fourth-order valence-corrected chi connectivity index (χ4v) is 3.81. The highest BCUT2D eigenvalue weighted by Gasteiger charge is 2.19. The number of fused-ring (bicyclic) bond motifs is 1. The van der Waals surface area contributed by atoms with Crippen molar-refractivity contribution in [1.82, 2.24) is 9.38 Å². The summed E-state index contributed by atoms with van der Waals surface area (Å²) in [6.07, 6.45) is 2.19. The number of carbonyl (C=O) groups is 1. The van der Waals surface area contributed by atoms with Gasteiger partial charge in [-0.2, -0.15) is 0 Å². The molecule has 5 nitrogen and oxygen atoms in total. The van der Waals surface area contributed by atoms with E-state index in [0.29, 0.717) is 11.4 Å². The number of anilines is 1. The summed E-state index contributed by atoms with van der Waals surface area (Å²) < 4.78 is 7.88. The maximum absolute atomic E-state index is 13.1. The first-order valence-electron chi connectivity index (χ1n) is 10.9. The topological polar surface area (TPSA) is 55.6 Å². The van der Waals surface area contributed by atoms with E-state index >= 15 is 0 Å². The van der Waals surface area contributed by atoms with Crippen molar-refractivity contribution in [2.45, 2.75) is 47.1 Å². The number of hydrogen-bond acceptors (Lipinski definition) is 3. The van der Waals surface area contributed by atoms with Crippen molar-refractivity contribution < 1.29 is 9.53 Å². The second-order valence-corrected chi connectivity index (χ2v) is 8.48. The Balaban J connectivity index is 1.72. The first-order valence-corrected chi connectivity index (χ1v) is 10.9. The molecule has 164 valence electrons. The fraction of sp³-hybridized carbons (Fsp3) is 0.259. The number of amides is 1. The number of carbonyl (C=O) groups excluding carboxylic acids is 1. The van der Waals surface area contributed by atoms with Crippen LogP contribution in [0.1, 0.15) is 36.2 Å². The highest BCUT2D eigenvalue weighted by molar-refractivity contribution is 5.94. The Morgan fingerprint density at radius 1 is 1.00 bits per heavy atom. The van der Waals surface area contributed by atoms with Crippen molar-refractivity contribution in [2.24, 2.45) is 0 Å². The van der Waals surface area contributed by atoms with E-state index in [1.165, 1.54) is 11.1 Å². The standard InChI is InChI=1S/C27H29N3O2/c1-17(2)32-24-11-7-6-10-22(24)28-25(31)16-23-26(21-13-12-18(3)20(5)15-21)29-27-19(4)9-8-14-30(23)27/h6-15,17H,16H2,1-5H3,(H,28,31). The van der Waals surface area contributed by atoms with Crippen LogP contribution in [0.15, 0.2) is 60.8 Å². The summed E-state index contributed by atoms with van der Waals surface area (Å²) >= 11 is 0. The van der Waals surface area contributed by atoms with Crippen LogP contribution in [0.5, 0.6) is 5.75 Å². The Morgan fingerprint density at radius 2 is 1.78 bits per heavy atom. The predicted octanol–water partition coefficient (Wildman–Crippen LogP) is 5.89. The number of para-hydroxylation sites is 2. The van der Waals surface area contributed by atoms with E-state index in [4.69, 9.17) is 9.72 Å². The van der Waals surface area contributed by atoms with Crippen LogP contribution in [-0.4, -0.2) is 21.4 Å². The van der Waals surface area contributed by atoms with Gasteiger partial charge in [0, 0.05) is 11.8 Å². The number of rotatable bonds is 6. The first-order chi connectivity index (χ1) is 15.3. The minimum Gasteiger partial charge on any atom is -0.489 e. The zero-order valence-electron chi connectivity index (χ0n) is 19.3. The number of pyridine rings is 1. The van der Waals surface area contributed by atoms with E-state index in [9.17, 15) is 4.79 Å². The van der Waals surface area contributed by atoms with Gasteiger partial charge in [-0.15, -0.1) is 0 Å². The quantitative estimate of drug-likeness (QED) is 0.417. The maximum atomic E-state index is 13.1. The molecule has 0 radical (unpaired) electrons. The number of nitrogens with one attached hydrogen (secondary N) is 1. The maximum Gasteiger partial charge on any atom is 0.230 e. The van der Waals surface area contributed by atoms with Crippen LogP contribution in [0.3, 0.4) is 0 Å². The van der Waals surface area contributed by atoms with Crippen LogP contribution in [-0.2, 0) is 11.2 Å². The molecule has 0 saturated heterocycles. The minimum atomic E-state index is -0.113. The Labute approximate surface area is 189 Å². The largest absolute Gasteiger partial charge is 0.489 e. The molecule has 0 spiro atoms. The SMILES string of the molecule is Cc1ccc(-c2nc3c(C)cccn3c2CC(=O)Nc2ccccc2OC(C)C)cc1C. The molecule has 0 unspecified atom stereocenters. The van der Waals surface area contributed by atoms with Crippen molar-refractivity contribution >= 4 is 17.2 Å². The van der Waals surface area contributed by atoms with Crippen LogP contribution in [0, 0.1) is 20.8 Å². The van der Waals surface area contributed by atoms with Gasteiger partial charge in [-0.25, -0.2) is 4.98 Å². The third-order valence-corrected chi connectivity index (χ3v) is 5.58. The predicted molar refractivity (Wildman–Crippen MR) is 129 cm³/mol. The van der Waals surface area contributed by atoms with Crippen LogP contribution in [0.4, 0.5) is 5.69 Å². The van der Waals surface area contributed by atoms with Gasteiger partial charge < -0.3 is 14.5 Å². The van der Waals surface area contributed by atoms with Crippen molar-refractivity contribution in [3.8, 4) is 17.0 Å². The summed E-state index contributed by atoms with van der Waals surface area (Å²) in [7, 11) is 0. The second kappa shape index (κ2) is 8.87. The van der Waals surface area contributed by atoms with E-state index in [1.54, 1.807) is 0 Å². The highest BCUT2D eigenvalue weighted by atomic mass is 16.5. The summed E-state index contributed by atoms with van der Waals surface area (Å²) in [4.78, 5) is 18.1. The number of imidazole rings is 1. The van der Waals surface area contributed by atoms with Crippen LogP contribution in [0.2, 0.25) is 0 Å². The lowest BCUT2D eigenvalue weighted by Gasteiger charge is -2.15. The molecule has 4 rings (SSSR count). The number of ether oxygens (including phenoxy) is 1. The number of aryl methyl sites for hydroxylation is 3. The van der Waals surface area contributed by atoms with Gasteiger partial charge in [-0.05, 0) is 75.6 Å². The summed E-state index contributed by atoms with van der Waals surface area (Å²) in [6.45, 7) is 10.2. The van der Waals surface area contributed by atoms with E-state index in [2.05, 4.69) is 37.4 Å². The Hall–Kier alpha value is -3.60. The molecule has 32 heavy (non-hydrogen) atoms. The molecular formula is C27H29N3O2. The summed E-state index contributed by atoms with van der Waals surface area (Å²) in [6, 6.07) is 17.9. The molecule has 4 aromatic rings. The van der Waals surface area contributed by atoms with Gasteiger partial charge in [0.15, 0.2) is 0 Å². The Bertz CT molecular complexity index is 1290. The smallest absolute Gasteiger partial charge is 0.230 e. The van der Waals surface area contributed by atoms with Crippen LogP contribution >= 0.6 is 0 Å². The molecule has 0 aliphatic carbocycles.